The number of hydrogen-bond acceptors (Lipinski definition) is 2. The van der Waals surface area contributed by atoms with Crippen molar-refractivity contribution in [2.75, 3.05) is 5.33 Å². The molecule has 2 nitrogen and oxygen atoms in total. The quantitative estimate of drug-likeness (QED) is 0.347. The van der Waals surface area contributed by atoms with Crippen molar-refractivity contribution in [2.45, 2.75) is 0 Å². The van der Waals surface area contributed by atoms with Crippen LogP contribution in [0.2, 0.25) is 0 Å². The summed E-state index contributed by atoms with van der Waals surface area (Å²) >= 11 is 2.89. The molecule has 7 heavy (non-hydrogen) atoms. The number of rotatable bonds is 2. The van der Waals surface area contributed by atoms with E-state index in [4.69, 9.17) is 0 Å². The van der Waals surface area contributed by atoms with Gasteiger partial charge in [-0.1, -0.05) is 22.5 Å². The lowest BCUT2D eigenvalue weighted by Gasteiger charge is -1.87. The molecular weight excluding hydrogens is 160 g/mol. The molecule has 0 bridgehead atoms. The molecule has 0 fully saturated rings. The number of hydrogen-bond donors (Lipinski definition) is 0. The van der Waals surface area contributed by atoms with E-state index in [0.29, 0.717) is 0 Å². The van der Waals surface area contributed by atoms with Crippen molar-refractivity contribution in [2.24, 2.45) is 0 Å². The lowest BCUT2D eigenvalue weighted by molar-refractivity contribution is -0.134. The fourth-order valence-electron chi connectivity index (χ4n) is 0.124. The summed E-state index contributed by atoms with van der Waals surface area (Å²) < 4.78 is 4.27. The predicted molar refractivity (Wildman–Crippen MR) is 30.1 cm³/mol. The molecule has 0 saturated heterocycles. The Bertz CT molecular complexity index is 79.8. The topological polar surface area (TPSA) is 26.3 Å². The molecule has 0 N–H and O–H groups in total. The third-order valence-electron chi connectivity index (χ3n) is 0.324. The molecule has 3 heteroatoms. The number of ether oxygens (including phenoxy) is 1. The van der Waals surface area contributed by atoms with Crippen LogP contribution in [0.5, 0.6) is 0 Å². The molecular formula is C4H5BrO2. The number of alkyl halides is 1. The molecule has 40 valence electrons. The molecule has 0 heterocycles. The predicted octanol–water partition coefficient (Wildman–Crippen LogP) is 1.07. The van der Waals surface area contributed by atoms with Crippen LogP contribution >= 0.6 is 15.9 Å². The van der Waals surface area contributed by atoms with Crippen LogP contribution in [0, 0.1) is 0 Å². The number of carbonyl (C=O) groups is 1. The van der Waals surface area contributed by atoms with Crippen LogP contribution in [0.3, 0.4) is 0 Å². The summed E-state index contributed by atoms with van der Waals surface area (Å²) in [5, 5.41) is 0.221. The zero-order valence-corrected chi connectivity index (χ0v) is 5.27. The van der Waals surface area contributed by atoms with Gasteiger partial charge >= 0.3 is 5.97 Å². The Labute approximate surface area is 50.3 Å². The Balaban J connectivity index is 3.17. The highest BCUT2D eigenvalue weighted by Gasteiger charge is 1.91. The fourth-order valence-corrected chi connectivity index (χ4v) is 0.257. The maximum absolute atomic E-state index is 10.1. The van der Waals surface area contributed by atoms with Gasteiger partial charge in [-0.3, -0.25) is 4.79 Å². The van der Waals surface area contributed by atoms with Gasteiger partial charge in [-0.05, 0) is 0 Å². The van der Waals surface area contributed by atoms with Crippen molar-refractivity contribution < 1.29 is 9.53 Å². The van der Waals surface area contributed by atoms with E-state index in [1.807, 2.05) is 0 Å². The molecule has 0 aromatic carbocycles. The molecule has 0 unspecified atom stereocenters. The Morgan fingerprint density at radius 3 is 2.71 bits per heavy atom. The van der Waals surface area contributed by atoms with Crippen LogP contribution < -0.4 is 0 Å². The number of halogens is 1. The summed E-state index contributed by atoms with van der Waals surface area (Å²) in [5.41, 5.74) is 0. The third kappa shape index (κ3) is 3.52. The summed E-state index contributed by atoms with van der Waals surface area (Å²) in [6.07, 6.45) is 1.10. The summed E-state index contributed by atoms with van der Waals surface area (Å²) in [7, 11) is 0. The lowest BCUT2D eigenvalue weighted by atomic mass is 10.8. The van der Waals surface area contributed by atoms with Crippen molar-refractivity contribution in [3.8, 4) is 0 Å². The maximum Gasteiger partial charge on any atom is 0.321 e. The highest BCUT2D eigenvalue weighted by atomic mass is 79.9. The second kappa shape index (κ2) is 3.87. The average molecular weight is 165 g/mol. The van der Waals surface area contributed by atoms with Crippen molar-refractivity contribution in [3.05, 3.63) is 12.8 Å². The number of carbonyl (C=O) groups excluding carboxylic acids is 1. The van der Waals surface area contributed by atoms with Crippen molar-refractivity contribution in [3.63, 3.8) is 0 Å². The molecule has 0 saturated carbocycles. The zero-order valence-electron chi connectivity index (χ0n) is 3.69. The molecule has 0 radical (unpaired) electrons. The first kappa shape index (κ1) is 6.69. The van der Waals surface area contributed by atoms with Crippen LogP contribution in [-0.4, -0.2) is 11.3 Å². The SMILES string of the molecule is C=COC(=O)CBr. The van der Waals surface area contributed by atoms with Crippen LogP contribution in [-0.2, 0) is 9.53 Å². The van der Waals surface area contributed by atoms with E-state index in [0.717, 1.165) is 6.26 Å². The molecule has 0 rings (SSSR count). The Morgan fingerprint density at radius 2 is 2.57 bits per heavy atom. The van der Waals surface area contributed by atoms with Crippen LogP contribution in [0.15, 0.2) is 12.8 Å². The minimum Gasteiger partial charge on any atom is -0.435 e. The highest BCUT2D eigenvalue weighted by Crippen LogP contribution is 1.83. The van der Waals surface area contributed by atoms with E-state index in [9.17, 15) is 4.79 Å². The van der Waals surface area contributed by atoms with E-state index < -0.39 is 0 Å². The van der Waals surface area contributed by atoms with E-state index in [1.54, 1.807) is 0 Å². The van der Waals surface area contributed by atoms with Crippen molar-refractivity contribution in [1.29, 1.82) is 0 Å². The molecule has 0 aliphatic heterocycles. The maximum atomic E-state index is 10.1. The van der Waals surface area contributed by atoms with Gasteiger partial charge in [0.2, 0.25) is 0 Å². The molecule has 0 spiro atoms. The van der Waals surface area contributed by atoms with Crippen molar-refractivity contribution >= 4 is 21.9 Å². The molecule has 0 atom stereocenters. The summed E-state index contributed by atoms with van der Waals surface area (Å²) in [6, 6.07) is 0. The van der Waals surface area contributed by atoms with Gasteiger partial charge in [-0.25, -0.2) is 0 Å². The van der Waals surface area contributed by atoms with Gasteiger partial charge in [-0.15, -0.1) is 0 Å². The molecule has 0 amide bonds. The summed E-state index contributed by atoms with van der Waals surface area (Å²) in [6.45, 7) is 3.18. The molecule has 0 aromatic heterocycles. The van der Waals surface area contributed by atoms with Gasteiger partial charge in [0.05, 0.1) is 6.26 Å². The first-order valence-electron chi connectivity index (χ1n) is 1.67. The van der Waals surface area contributed by atoms with E-state index in [1.165, 1.54) is 0 Å². The van der Waals surface area contributed by atoms with Crippen LogP contribution in [0.25, 0.3) is 0 Å². The fraction of sp³-hybridized carbons (Fsp3) is 0.250. The van der Waals surface area contributed by atoms with Gasteiger partial charge in [0.1, 0.15) is 5.33 Å². The minimum absolute atomic E-state index is 0.221. The monoisotopic (exact) mass is 164 g/mol. The van der Waals surface area contributed by atoms with Crippen LogP contribution in [0.1, 0.15) is 0 Å². The lowest BCUT2D eigenvalue weighted by Crippen LogP contribution is -1.98. The second-order valence-electron chi connectivity index (χ2n) is 0.790. The minimum atomic E-state index is -0.324. The Kier molecular flexibility index (Phi) is 3.69. The van der Waals surface area contributed by atoms with Gasteiger partial charge in [0.25, 0.3) is 0 Å². The zero-order chi connectivity index (χ0) is 5.70. The van der Waals surface area contributed by atoms with Gasteiger partial charge in [0, 0.05) is 0 Å². The standard InChI is InChI=1S/C4H5BrO2/c1-2-7-4(6)3-5/h2H,1,3H2. The summed E-state index contributed by atoms with van der Waals surface area (Å²) in [5.74, 6) is -0.324. The molecule has 0 aromatic rings. The Morgan fingerprint density at radius 1 is 2.00 bits per heavy atom. The largest absolute Gasteiger partial charge is 0.435 e. The first-order valence-corrected chi connectivity index (χ1v) is 2.79. The average Bonchev–Trinajstić information content (AvgIpc) is 1.68. The third-order valence-corrected chi connectivity index (χ3v) is 0.782. The van der Waals surface area contributed by atoms with Gasteiger partial charge < -0.3 is 4.74 Å². The van der Waals surface area contributed by atoms with E-state index in [-0.39, 0.29) is 11.3 Å². The second-order valence-corrected chi connectivity index (χ2v) is 1.35. The molecule has 0 aliphatic rings. The van der Waals surface area contributed by atoms with Gasteiger partial charge in [-0.2, -0.15) is 0 Å². The highest BCUT2D eigenvalue weighted by molar-refractivity contribution is 9.09. The smallest absolute Gasteiger partial charge is 0.321 e. The molecule has 0 aliphatic carbocycles. The van der Waals surface area contributed by atoms with E-state index in [2.05, 4.69) is 27.2 Å². The van der Waals surface area contributed by atoms with E-state index >= 15 is 0 Å². The first-order chi connectivity index (χ1) is 3.31. The van der Waals surface area contributed by atoms with Gasteiger partial charge in [0.15, 0.2) is 0 Å². The van der Waals surface area contributed by atoms with Crippen LogP contribution in [0.4, 0.5) is 0 Å². The summed E-state index contributed by atoms with van der Waals surface area (Å²) in [4.78, 5) is 10.1. The Hall–Kier alpha value is -0.310. The number of esters is 1. The normalized spacial score (nSPS) is 7.57. The van der Waals surface area contributed by atoms with Crippen molar-refractivity contribution in [1.82, 2.24) is 0 Å².